The highest BCUT2D eigenvalue weighted by molar-refractivity contribution is 5.98. The van der Waals surface area contributed by atoms with Gasteiger partial charge in [0.25, 0.3) is 5.91 Å². The predicted molar refractivity (Wildman–Crippen MR) is 145 cm³/mol. The molecule has 0 radical (unpaired) electrons. The minimum Gasteiger partial charge on any atom is -0.468 e. The van der Waals surface area contributed by atoms with Crippen LogP contribution in [0.3, 0.4) is 0 Å². The summed E-state index contributed by atoms with van der Waals surface area (Å²) in [5, 5.41) is 1.14. The quantitative estimate of drug-likeness (QED) is 0.307. The maximum atomic E-state index is 12.9. The molecule has 1 fully saturated rings. The number of carbonyl (C=O) groups excluding carboxylic acids is 1. The summed E-state index contributed by atoms with van der Waals surface area (Å²) in [4.78, 5) is 22.0. The molecular weight excluding hydrogens is 446 g/mol. The number of aromatic nitrogens is 1. The number of rotatable bonds is 7. The number of piperidine rings is 1. The number of pyridine rings is 1. The van der Waals surface area contributed by atoms with E-state index >= 15 is 0 Å². The van der Waals surface area contributed by atoms with Crippen molar-refractivity contribution in [2.45, 2.75) is 33.2 Å². The highest BCUT2D eigenvalue weighted by atomic mass is 16.3. The van der Waals surface area contributed by atoms with Crippen LogP contribution in [0.15, 0.2) is 89.2 Å². The number of hydrogen-bond acceptors (Lipinski definition) is 4. The summed E-state index contributed by atoms with van der Waals surface area (Å²) in [5.41, 5.74) is 6.73. The molecule has 2 aromatic carbocycles. The van der Waals surface area contributed by atoms with Crippen LogP contribution in [-0.4, -0.2) is 46.9 Å². The number of likely N-dealkylation sites (tertiary alicyclic amines) is 1. The standard InChI is InChI=1S/C31H33N3O2/c1-3-34(4-2)31(35)26-14-12-23(13-15-26)29(28-11-5-8-25-9-6-18-32-30(25)28)24-16-19-33(20-17-24)22-27-10-7-21-36-27/h5-15,18,21H,3-4,16-17,19-20,22H2,1-2H3. The summed E-state index contributed by atoms with van der Waals surface area (Å²) in [6.45, 7) is 8.26. The van der Waals surface area contributed by atoms with E-state index in [2.05, 4.69) is 41.3 Å². The van der Waals surface area contributed by atoms with Gasteiger partial charge in [0.2, 0.25) is 0 Å². The van der Waals surface area contributed by atoms with Crippen LogP contribution in [0.25, 0.3) is 16.5 Å². The predicted octanol–water partition coefficient (Wildman–Crippen LogP) is 6.41. The van der Waals surface area contributed by atoms with Crippen molar-refractivity contribution in [3.63, 3.8) is 0 Å². The zero-order valence-corrected chi connectivity index (χ0v) is 21.1. The minimum atomic E-state index is 0.0822. The molecule has 5 heteroatoms. The number of amides is 1. The third-order valence-corrected chi connectivity index (χ3v) is 7.15. The molecule has 0 N–H and O–H groups in total. The van der Waals surface area contributed by atoms with Gasteiger partial charge in [-0.3, -0.25) is 14.7 Å². The van der Waals surface area contributed by atoms with Gasteiger partial charge in [-0.25, -0.2) is 0 Å². The number of carbonyl (C=O) groups is 1. The summed E-state index contributed by atoms with van der Waals surface area (Å²) >= 11 is 0. The molecule has 5 nitrogen and oxygen atoms in total. The highest BCUT2D eigenvalue weighted by Crippen LogP contribution is 2.36. The largest absolute Gasteiger partial charge is 0.468 e. The Hall–Kier alpha value is -3.70. The molecule has 5 rings (SSSR count). The Morgan fingerprint density at radius 1 is 0.917 bits per heavy atom. The lowest BCUT2D eigenvalue weighted by Crippen LogP contribution is -2.30. The Kier molecular flexibility index (Phi) is 7.28. The highest BCUT2D eigenvalue weighted by Gasteiger charge is 2.22. The molecule has 0 unspecified atom stereocenters. The van der Waals surface area contributed by atoms with Gasteiger partial charge < -0.3 is 9.32 Å². The van der Waals surface area contributed by atoms with E-state index in [9.17, 15) is 4.79 Å². The fourth-order valence-corrected chi connectivity index (χ4v) is 5.18. The number of nitrogens with zero attached hydrogens (tertiary/aromatic N) is 3. The van der Waals surface area contributed by atoms with Crippen LogP contribution in [0.2, 0.25) is 0 Å². The van der Waals surface area contributed by atoms with Gasteiger partial charge in [0.15, 0.2) is 0 Å². The third kappa shape index (κ3) is 4.98. The molecule has 36 heavy (non-hydrogen) atoms. The van der Waals surface area contributed by atoms with Crippen molar-refractivity contribution in [3.05, 3.63) is 107 Å². The second-order valence-electron chi connectivity index (χ2n) is 9.27. The SMILES string of the molecule is CCN(CC)C(=O)c1ccc(C(=C2CCN(Cc3ccco3)CC2)c2cccc3cccnc23)cc1. The Bertz CT molecular complexity index is 1340. The third-order valence-electron chi connectivity index (χ3n) is 7.15. The second kappa shape index (κ2) is 10.9. The summed E-state index contributed by atoms with van der Waals surface area (Å²) in [6.07, 6.45) is 5.58. The molecule has 0 saturated carbocycles. The van der Waals surface area contributed by atoms with Crippen molar-refractivity contribution in [1.82, 2.24) is 14.8 Å². The summed E-state index contributed by atoms with van der Waals surface area (Å²) < 4.78 is 5.57. The average Bonchev–Trinajstić information content (AvgIpc) is 3.44. The number of hydrogen-bond donors (Lipinski definition) is 0. The molecule has 0 atom stereocenters. The molecule has 4 aromatic rings. The first-order chi connectivity index (χ1) is 17.7. The topological polar surface area (TPSA) is 49.6 Å². The number of para-hydroxylation sites is 1. The van der Waals surface area contributed by atoms with Crippen molar-refractivity contribution in [2.24, 2.45) is 0 Å². The van der Waals surface area contributed by atoms with E-state index in [1.807, 2.05) is 55.3 Å². The van der Waals surface area contributed by atoms with E-state index in [1.165, 1.54) is 11.1 Å². The van der Waals surface area contributed by atoms with E-state index in [0.29, 0.717) is 13.1 Å². The molecule has 0 spiro atoms. The van der Waals surface area contributed by atoms with Crippen LogP contribution in [0, 0.1) is 0 Å². The maximum absolute atomic E-state index is 12.9. The zero-order valence-electron chi connectivity index (χ0n) is 21.1. The zero-order chi connectivity index (χ0) is 24.9. The summed E-state index contributed by atoms with van der Waals surface area (Å²) in [7, 11) is 0. The fraction of sp³-hybridized carbons (Fsp3) is 0.290. The van der Waals surface area contributed by atoms with Gasteiger partial charge in [-0.15, -0.1) is 0 Å². The Labute approximate surface area is 213 Å². The average molecular weight is 480 g/mol. The molecule has 0 aliphatic carbocycles. The molecule has 1 aliphatic rings. The molecule has 1 saturated heterocycles. The maximum Gasteiger partial charge on any atom is 0.253 e. The van der Waals surface area contributed by atoms with Crippen molar-refractivity contribution in [2.75, 3.05) is 26.2 Å². The van der Waals surface area contributed by atoms with Crippen molar-refractivity contribution < 1.29 is 9.21 Å². The van der Waals surface area contributed by atoms with E-state index in [-0.39, 0.29) is 5.91 Å². The van der Waals surface area contributed by atoms with Gasteiger partial charge >= 0.3 is 0 Å². The van der Waals surface area contributed by atoms with Gasteiger partial charge in [0.1, 0.15) is 5.76 Å². The Morgan fingerprint density at radius 3 is 2.33 bits per heavy atom. The van der Waals surface area contributed by atoms with Crippen LogP contribution >= 0.6 is 0 Å². The van der Waals surface area contributed by atoms with Crippen LogP contribution in [0.5, 0.6) is 0 Å². The van der Waals surface area contributed by atoms with Crippen LogP contribution in [0.4, 0.5) is 0 Å². The molecular formula is C31H33N3O2. The number of furan rings is 1. The fourth-order valence-electron chi connectivity index (χ4n) is 5.18. The Balaban J connectivity index is 1.51. The van der Waals surface area contributed by atoms with E-state index < -0.39 is 0 Å². The summed E-state index contributed by atoms with van der Waals surface area (Å²) in [5.74, 6) is 1.09. The molecule has 3 heterocycles. The first-order valence-corrected chi connectivity index (χ1v) is 12.9. The van der Waals surface area contributed by atoms with Gasteiger partial charge in [0.05, 0.1) is 18.3 Å². The molecule has 184 valence electrons. The van der Waals surface area contributed by atoms with Gasteiger partial charge in [-0.05, 0) is 68.2 Å². The van der Waals surface area contributed by atoms with Crippen molar-refractivity contribution >= 4 is 22.4 Å². The second-order valence-corrected chi connectivity index (χ2v) is 9.27. The minimum absolute atomic E-state index is 0.0822. The lowest BCUT2D eigenvalue weighted by molar-refractivity contribution is 0.0773. The normalized spacial score (nSPS) is 14.2. The molecule has 1 amide bonds. The number of fused-ring (bicyclic) bond motifs is 1. The number of benzene rings is 2. The van der Waals surface area contributed by atoms with Crippen LogP contribution in [-0.2, 0) is 6.54 Å². The first kappa shape index (κ1) is 24.0. The first-order valence-electron chi connectivity index (χ1n) is 12.9. The lowest BCUT2D eigenvalue weighted by Gasteiger charge is -2.29. The monoisotopic (exact) mass is 479 g/mol. The van der Waals surface area contributed by atoms with Crippen LogP contribution in [0.1, 0.15) is 53.9 Å². The van der Waals surface area contributed by atoms with E-state index in [1.54, 1.807) is 6.26 Å². The lowest BCUT2D eigenvalue weighted by atomic mass is 9.87. The van der Waals surface area contributed by atoms with E-state index in [4.69, 9.17) is 9.40 Å². The smallest absolute Gasteiger partial charge is 0.253 e. The summed E-state index contributed by atoms with van der Waals surface area (Å²) in [6, 6.07) is 22.7. The molecule has 2 aromatic heterocycles. The van der Waals surface area contributed by atoms with E-state index in [0.717, 1.165) is 65.8 Å². The van der Waals surface area contributed by atoms with Crippen LogP contribution < -0.4 is 0 Å². The van der Waals surface area contributed by atoms with Gasteiger partial charge in [-0.2, -0.15) is 0 Å². The molecule has 0 bridgehead atoms. The molecule has 1 aliphatic heterocycles. The van der Waals surface area contributed by atoms with Crippen molar-refractivity contribution in [1.29, 1.82) is 0 Å². The Morgan fingerprint density at radius 2 is 1.64 bits per heavy atom. The van der Waals surface area contributed by atoms with Crippen molar-refractivity contribution in [3.8, 4) is 0 Å². The van der Waals surface area contributed by atoms with Gasteiger partial charge in [-0.1, -0.05) is 42.0 Å². The van der Waals surface area contributed by atoms with Gasteiger partial charge in [0, 0.05) is 48.9 Å².